The molecule has 0 fully saturated rings. The molecule has 0 aromatic heterocycles. The molecule has 0 aromatic carbocycles. The van der Waals surface area contributed by atoms with Crippen molar-refractivity contribution in [3.8, 4) is 0 Å². The van der Waals surface area contributed by atoms with Gasteiger partial charge in [-0.15, -0.1) is 0 Å². The van der Waals surface area contributed by atoms with Crippen LogP contribution in [-0.2, 0) is 4.79 Å². The zero-order valence-electron chi connectivity index (χ0n) is 9.84. The molecule has 0 saturated heterocycles. The van der Waals surface area contributed by atoms with Crippen LogP contribution in [0.4, 0.5) is 0 Å². The van der Waals surface area contributed by atoms with Crippen molar-refractivity contribution in [1.82, 2.24) is 0 Å². The Morgan fingerprint density at radius 2 is 1.86 bits per heavy atom. The van der Waals surface area contributed by atoms with Crippen molar-refractivity contribution in [2.75, 3.05) is 0 Å². The molecule has 0 aliphatic rings. The van der Waals surface area contributed by atoms with Crippen molar-refractivity contribution < 1.29 is 4.79 Å². The standard InChI is InChI=1S/C13H22O/c1-11(2)10-13(4)7-5-6-12(3)8-9-14/h7-9,11H,5-6,10H2,1-4H3. The molecule has 0 spiro atoms. The molecule has 1 nitrogen and oxygen atoms in total. The van der Waals surface area contributed by atoms with Crippen LogP contribution in [-0.4, -0.2) is 6.29 Å². The van der Waals surface area contributed by atoms with E-state index in [0.717, 1.165) is 30.6 Å². The molecule has 0 aliphatic heterocycles. The molecule has 0 bridgehead atoms. The summed E-state index contributed by atoms with van der Waals surface area (Å²) in [7, 11) is 0. The molecule has 1 heteroatoms. The van der Waals surface area contributed by atoms with Gasteiger partial charge in [-0.2, -0.15) is 0 Å². The van der Waals surface area contributed by atoms with Crippen LogP contribution >= 0.6 is 0 Å². The summed E-state index contributed by atoms with van der Waals surface area (Å²) in [5.41, 5.74) is 2.62. The van der Waals surface area contributed by atoms with Gasteiger partial charge in [0, 0.05) is 0 Å². The summed E-state index contributed by atoms with van der Waals surface area (Å²) >= 11 is 0. The lowest BCUT2D eigenvalue weighted by Crippen LogP contribution is -1.88. The quantitative estimate of drug-likeness (QED) is 0.356. The fourth-order valence-corrected chi connectivity index (χ4v) is 1.47. The Kier molecular flexibility index (Phi) is 7.09. The monoisotopic (exact) mass is 194 g/mol. The lowest BCUT2D eigenvalue weighted by Gasteiger charge is -2.04. The van der Waals surface area contributed by atoms with Gasteiger partial charge >= 0.3 is 0 Å². The number of hydrogen-bond donors (Lipinski definition) is 0. The number of carbonyl (C=O) groups is 1. The van der Waals surface area contributed by atoms with Gasteiger partial charge in [-0.25, -0.2) is 0 Å². The molecule has 0 atom stereocenters. The summed E-state index contributed by atoms with van der Waals surface area (Å²) in [6.45, 7) is 8.64. The Morgan fingerprint density at radius 1 is 1.21 bits per heavy atom. The molecule has 0 aliphatic carbocycles. The average Bonchev–Trinajstić information content (AvgIpc) is 2.02. The van der Waals surface area contributed by atoms with E-state index in [2.05, 4.69) is 26.8 Å². The maximum atomic E-state index is 10.2. The van der Waals surface area contributed by atoms with Crippen LogP contribution in [0.25, 0.3) is 0 Å². The van der Waals surface area contributed by atoms with Crippen LogP contribution in [0.3, 0.4) is 0 Å². The van der Waals surface area contributed by atoms with Gasteiger partial charge in [0.2, 0.25) is 0 Å². The number of allylic oxidation sites excluding steroid dienone is 4. The van der Waals surface area contributed by atoms with Gasteiger partial charge in [0.05, 0.1) is 0 Å². The first-order chi connectivity index (χ1) is 6.56. The second kappa shape index (κ2) is 7.54. The van der Waals surface area contributed by atoms with E-state index in [-0.39, 0.29) is 0 Å². The highest BCUT2D eigenvalue weighted by molar-refractivity contribution is 5.65. The third-order valence-corrected chi connectivity index (χ3v) is 2.11. The first-order valence-electron chi connectivity index (χ1n) is 5.32. The fourth-order valence-electron chi connectivity index (χ4n) is 1.47. The zero-order valence-corrected chi connectivity index (χ0v) is 9.84. The Hall–Kier alpha value is -0.850. The molecule has 0 unspecified atom stereocenters. The summed E-state index contributed by atoms with van der Waals surface area (Å²) in [6.07, 6.45) is 8.01. The topological polar surface area (TPSA) is 17.1 Å². The van der Waals surface area contributed by atoms with E-state index in [9.17, 15) is 4.79 Å². The first kappa shape index (κ1) is 13.2. The van der Waals surface area contributed by atoms with Gasteiger partial charge in [-0.3, -0.25) is 4.79 Å². The van der Waals surface area contributed by atoms with Crippen LogP contribution in [0.2, 0.25) is 0 Å². The van der Waals surface area contributed by atoms with E-state index in [0.29, 0.717) is 0 Å². The van der Waals surface area contributed by atoms with Crippen LogP contribution in [0.5, 0.6) is 0 Å². The van der Waals surface area contributed by atoms with Gasteiger partial charge in [-0.1, -0.05) is 31.1 Å². The number of hydrogen-bond acceptors (Lipinski definition) is 1. The third kappa shape index (κ3) is 7.78. The highest BCUT2D eigenvalue weighted by Crippen LogP contribution is 2.12. The van der Waals surface area contributed by atoms with Gasteiger partial charge < -0.3 is 0 Å². The molecule has 80 valence electrons. The lowest BCUT2D eigenvalue weighted by atomic mass is 10.0. The van der Waals surface area contributed by atoms with Crippen molar-refractivity contribution in [3.05, 3.63) is 23.3 Å². The maximum Gasteiger partial charge on any atom is 0.142 e. The van der Waals surface area contributed by atoms with Gasteiger partial charge in [0.15, 0.2) is 0 Å². The van der Waals surface area contributed by atoms with Crippen LogP contribution in [0.15, 0.2) is 23.3 Å². The summed E-state index contributed by atoms with van der Waals surface area (Å²) in [6, 6.07) is 0. The van der Waals surface area contributed by atoms with Crippen molar-refractivity contribution in [2.45, 2.75) is 47.0 Å². The predicted octanol–water partition coefficient (Wildman–Crippen LogP) is 3.90. The molecular weight excluding hydrogens is 172 g/mol. The number of rotatable bonds is 6. The van der Waals surface area contributed by atoms with E-state index in [1.807, 2.05) is 6.92 Å². The molecule has 0 N–H and O–H groups in total. The molecule has 0 radical (unpaired) electrons. The first-order valence-corrected chi connectivity index (χ1v) is 5.32. The summed E-state index contributed by atoms with van der Waals surface area (Å²) in [4.78, 5) is 10.2. The Labute approximate surface area is 87.9 Å². The Morgan fingerprint density at radius 3 is 2.36 bits per heavy atom. The number of aldehydes is 1. The lowest BCUT2D eigenvalue weighted by molar-refractivity contribution is -0.104. The minimum atomic E-state index is 0.734. The van der Waals surface area contributed by atoms with E-state index in [4.69, 9.17) is 0 Å². The molecule has 0 rings (SSSR count). The van der Waals surface area contributed by atoms with E-state index in [1.165, 1.54) is 12.0 Å². The maximum absolute atomic E-state index is 10.2. The predicted molar refractivity (Wildman–Crippen MR) is 62.3 cm³/mol. The smallest absolute Gasteiger partial charge is 0.142 e. The highest BCUT2D eigenvalue weighted by Gasteiger charge is 1.95. The minimum Gasteiger partial charge on any atom is -0.299 e. The van der Waals surface area contributed by atoms with Crippen LogP contribution in [0.1, 0.15) is 47.0 Å². The van der Waals surface area contributed by atoms with E-state index >= 15 is 0 Å². The second-order valence-electron chi connectivity index (χ2n) is 4.34. The van der Waals surface area contributed by atoms with Crippen molar-refractivity contribution >= 4 is 6.29 Å². The van der Waals surface area contributed by atoms with Crippen molar-refractivity contribution in [2.24, 2.45) is 5.92 Å². The number of carbonyl (C=O) groups excluding carboxylic acids is 1. The van der Waals surface area contributed by atoms with Crippen molar-refractivity contribution in [3.63, 3.8) is 0 Å². The van der Waals surface area contributed by atoms with E-state index in [1.54, 1.807) is 6.08 Å². The Balaban J connectivity index is 3.81. The molecule has 0 aromatic rings. The highest BCUT2D eigenvalue weighted by atomic mass is 16.1. The zero-order chi connectivity index (χ0) is 11.0. The molecule has 0 saturated carbocycles. The average molecular weight is 194 g/mol. The summed E-state index contributed by atoms with van der Waals surface area (Å²) < 4.78 is 0. The van der Waals surface area contributed by atoms with Crippen LogP contribution < -0.4 is 0 Å². The molecule has 14 heavy (non-hydrogen) atoms. The second-order valence-corrected chi connectivity index (χ2v) is 4.34. The van der Waals surface area contributed by atoms with Gasteiger partial charge in [0.25, 0.3) is 0 Å². The summed E-state index contributed by atoms with van der Waals surface area (Å²) in [5, 5.41) is 0. The Bertz CT molecular complexity index is 221. The van der Waals surface area contributed by atoms with Gasteiger partial charge in [-0.05, 0) is 45.1 Å². The molecule has 0 heterocycles. The summed E-state index contributed by atoms with van der Waals surface area (Å²) in [5.74, 6) is 0.734. The van der Waals surface area contributed by atoms with Gasteiger partial charge in [0.1, 0.15) is 6.29 Å². The fraction of sp³-hybridized carbons (Fsp3) is 0.615. The largest absolute Gasteiger partial charge is 0.299 e. The van der Waals surface area contributed by atoms with Crippen LogP contribution in [0, 0.1) is 5.92 Å². The SMILES string of the molecule is CC(=CC=O)CCC=C(C)CC(C)C. The molecular formula is C13H22O. The van der Waals surface area contributed by atoms with E-state index < -0.39 is 0 Å². The minimum absolute atomic E-state index is 0.734. The molecule has 0 amide bonds. The normalized spacial score (nSPS) is 13.5. The third-order valence-electron chi connectivity index (χ3n) is 2.11. The van der Waals surface area contributed by atoms with Crippen molar-refractivity contribution in [1.29, 1.82) is 0 Å².